The van der Waals surface area contributed by atoms with E-state index in [1.807, 2.05) is 0 Å². The zero-order valence-electron chi connectivity index (χ0n) is 11.0. The van der Waals surface area contributed by atoms with Crippen LogP contribution < -0.4 is 10.5 Å². The molecule has 0 unspecified atom stereocenters. The van der Waals surface area contributed by atoms with Crippen LogP contribution in [0, 0.1) is 13.8 Å². The largest absolute Gasteiger partial charge is 0.407 e. The molecule has 112 valence electrons. The molecular formula is C12H15F3N2O2S. The summed E-state index contributed by atoms with van der Waals surface area (Å²) in [6.07, 6.45) is -5.07. The number of sulfonamides is 1. The highest BCUT2D eigenvalue weighted by Crippen LogP contribution is 2.50. The average molecular weight is 308 g/mol. The molecule has 2 rings (SSSR count). The molecule has 0 aliphatic heterocycles. The van der Waals surface area contributed by atoms with Crippen molar-refractivity contribution in [1.29, 1.82) is 0 Å². The summed E-state index contributed by atoms with van der Waals surface area (Å²) in [6, 6.07) is 3.00. The van der Waals surface area contributed by atoms with Crippen LogP contribution in [0.25, 0.3) is 0 Å². The molecule has 0 amide bonds. The van der Waals surface area contributed by atoms with E-state index in [-0.39, 0.29) is 29.0 Å². The second-order valence-electron chi connectivity index (χ2n) is 5.11. The van der Waals surface area contributed by atoms with Gasteiger partial charge in [0.25, 0.3) is 0 Å². The van der Waals surface area contributed by atoms with Crippen molar-refractivity contribution in [2.75, 3.05) is 5.73 Å². The van der Waals surface area contributed by atoms with E-state index in [9.17, 15) is 21.6 Å². The molecule has 1 saturated carbocycles. The van der Waals surface area contributed by atoms with E-state index in [1.165, 1.54) is 26.0 Å². The second kappa shape index (κ2) is 4.36. The fourth-order valence-electron chi connectivity index (χ4n) is 2.13. The maximum atomic E-state index is 12.9. The van der Waals surface area contributed by atoms with Crippen molar-refractivity contribution >= 4 is 15.7 Å². The third-order valence-corrected chi connectivity index (χ3v) is 5.36. The zero-order chi connectivity index (χ0) is 15.3. The minimum Gasteiger partial charge on any atom is -0.398 e. The van der Waals surface area contributed by atoms with E-state index in [0.29, 0.717) is 5.56 Å². The number of aryl methyl sites for hydroxylation is 1. The highest BCUT2D eigenvalue weighted by Gasteiger charge is 2.65. The molecule has 0 heterocycles. The van der Waals surface area contributed by atoms with E-state index in [4.69, 9.17) is 5.73 Å². The van der Waals surface area contributed by atoms with Crippen LogP contribution in [0.15, 0.2) is 17.0 Å². The first kappa shape index (κ1) is 15.1. The summed E-state index contributed by atoms with van der Waals surface area (Å²) in [6.45, 7) is 3.00. The Morgan fingerprint density at radius 3 is 2.25 bits per heavy atom. The van der Waals surface area contributed by atoms with Gasteiger partial charge in [-0.25, -0.2) is 8.42 Å². The first-order chi connectivity index (χ1) is 9.00. The van der Waals surface area contributed by atoms with Gasteiger partial charge in [-0.05, 0) is 43.9 Å². The Bertz CT molecular complexity index is 649. The number of rotatable bonds is 3. The van der Waals surface area contributed by atoms with Gasteiger partial charge in [-0.2, -0.15) is 17.9 Å². The number of hydrogen-bond acceptors (Lipinski definition) is 3. The molecule has 0 radical (unpaired) electrons. The van der Waals surface area contributed by atoms with E-state index in [2.05, 4.69) is 0 Å². The van der Waals surface area contributed by atoms with E-state index >= 15 is 0 Å². The first-order valence-corrected chi connectivity index (χ1v) is 7.45. The number of halogens is 3. The Morgan fingerprint density at radius 2 is 1.80 bits per heavy atom. The van der Waals surface area contributed by atoms with Gasteiger partial charge in [0, 0.05) is 5.69 Å². The van der Waals surface area contributed by atoms with Gasteiger partial charge >= 0.3 is 6.18 Å². The van der Waals surface area contributed by atoms with Crippen LogP contribution in [0.3, 0.4) is 0 Å². The summed E-state index contributed by atoms with van der Waals surface area (Å²) in [5, 5.41) is 0. The number of benzene rings is 1. The van der Waals surface area contributed by atoms with Crippen LogP contribution in [-0.2, 0) is 10.0 Å². The van der Waals surface area contributed by atoms with E-state index < -0.39 is 21.7 Å². The van der Waals surface area contributed by atoms with Crippen molar-refractivity contribution in [3.05, 3.63) is 23.3 Å². The molecule has 1 aromatic carbocycles. The molecule has 1 aliphatic carbocycles. The third-order valence-electron chi connectivity index (χ3n) is 3.54. The van der Waals surface area contributed by atoms with Crippen molar-refractivity contribution in [2.24, 2.45) is 0 Å². The maximum Gasteiger partial charge on any atom is 0.407 e. The molecule has 20 heavy (non-hydrogen) atoms. The van der Waals surface area contributed by atoms with Crippen molar-refractivity contribution in [2.45, 2.75) is 43.3 Å². The highest BCUT2D eigenvalue weighted by atomic mass is 32.2. The molecule has 0 bridgehead atoms. The quantitative estimate of drug-likeness (QED) is 0.841. The number of hydrogen-bond donors (Lipinski definition) is 2. The number of alkyl halides is 3. The molecule has 0 saturated heterocycles. The highest BCUT2D eigenvalue weighted by molar-refractivity contribution is 7.89. The Morgan fingerprint density at radius 1 is 1.25 bits per heavy atom. The summed E-state index contributed by atoms with van der Waals surface area (Å²) in [5.41, 5.74) is 4.17. The molecule has 1 aromatic rings. The van der Waals surface area contributed by atoms with Gasteiger partial charge in [-0.15, -0.1) is 0 Å². The normalized spacial score (nSPS) is 18.1. The average Bonchev–Trinajstić information content (AvgIpc) is 3.03. The summed E-state index contributed by atoms with van der Waals surface area (Å²) >= 11 is 0. The lowest BCUT2D eigenvalue weighted by Crippen LogP contribution is -2.48. The monoisotopic (exact) mass is 308 g/mol. The Hall–Kier alpha value is -1.28. The Labute approximate surface area is 115 Å². The molecule has 0 spiro atoms. The van der Waals surface area contributed by atoms with Gasteiger partial charge in [0.2, 0.25) is 10.0 Å². The van der Waals surface area contributed by atoms with E-state index in [0.717, 1.165) is 0 Å². The van der Waals surface area contributed by atoms with Crippen LogP contribution in [0.1, 0.15) is 24.0 Å². The number of nitrogen functional groups attached to an aromatic ring is 1. The Balaban J connectivity index is 2.46. The topological polar surface area (TPSA) is 72.2 Å². The molecule has 3 N–H and O–H groups in total. The van der Waals surface area contributed by atoms with Crippen molar-refractivity contribution in [1.82, 2.24) is 4.72 Å². The fourth-order valence-corrected chi connectivity index (χ4v) is 4.08. The molecule has 4 nitrogen and oxygen atoms in total. The van der Waals surface area contributed by atoms with Gasteiger partial charge in [-0.1, -0.05) is 6.07 Å². The summed E-state index contributed by atoms with van der Waals surface area (Å²) in [4.78, 5) is -0.173. The SMILES string of the molecule is Cc1ccc(N)c(C)c1S(=O)(=O)NC1(C(F)(F)F)CC1. The van der Waals surface area contributed by atoms with Crippen LogP contribution >= 0.6 is 0 Å². The van der Waals surface area contributed by atoms with Crippen molar-refractivity contribution in [3.63, 3.8) is 0 Å². The fraction of sp³-hybridized carbons (Fsp3) is 0.500. The zero-order valence-corrected chi connectivity index (χ0v) is 11.8. The van der Waals surface area contributed by atoms with Gasteiger partial charge < -0.3 is 5.73 Å². The first-order valence-electron chi connectivity index (χ1n) is 5.96. The summed E-state index contributed by atoms with van der Waals surface area (Å²) in [5.74, 6) is 0. The summed E-state index contributed by atoms with van der Waals surface area (Å²) < 4.78 is 64.9. The van der Waals surface area contributed by atoms with E-state index in [1.54, 1.807) is 4.72 Å². The smallest absolute Gasteiger partial charge is 0.398 e. The van der Waals surface area contributed by atoms with Gasteiger partial charge in [-0.3, -0.25) is 0 Å². The molecular weight excluding hydrogens is 293 g/mol. The molecule has 0 aromatic heterocycles. The minimum atomic E-state index is -4.60. The lowest BCUT2D eigenvalue weighted by Gasteiger charge is -2.22. The number of nitrogens with one attached hydrogen (secondary N) is 1. The Kier molecular flexibility index (Phi) is 3.29. The second-order valence-corrected chi connectivity index (χ2v) is 6.73. The third kappa shape index (κ3) is 2.37. The van der Waals surface area contributed by atoms with Crippen molar-refractivity contribution < 1.29 is 21.6 Å². The molecule has 8 heteroatoms. The summed E-state index contributed by atoms with van der Waals surface area (Å²) in [7, 11) is -4.27. The predicted molar refractivity (Wildman–Crippen MR) is 68.7 cm³/mol. The maximum absolute atomic E-state index is 12.9. The number of anilines is 1. The van der Waals surface area contributed by atoms with Crippen molar-refractivity contribution in [3.8, 4) is 0 Å². The lowest BCUT2D eigenvalue weighted by molar-refractivity contribution is -0.160. The molecule has 1 fully saturated rings. The predicted octanol–water partition coefficient (Wildman–Crippen LogP) is 2.26. The molecule has 0 atom stereocenters. The van der Waals surface area contributed by atoms with Gasteiger partial charge in [0.1, 0.15) is 5.54 Å². The standard InChI is InChI=1S/C12H15F3N2O2S/c1-7-3-4-9(16)8(2)10(7)20(18,19)17-11(5-6-11)12(13,14)15/h3-4,17H,5-6,16H2,1-2H3. The van der Waals surface area contributed by atoms with Gasteiger partial charge in [0.15, 0.2) is 0 Å². The minimum absolute atomic E-state index is 0.173. The lowest BCUT2D eigenvalue weighted by atomic mass is 10.1. The van der Waals surface area contributed by atoms with Gasteiger partial charge in [0.05, 0.1) is 4.90 Å². The van der Waals surface area contributed by atoms with Crippen LogP contribution in [0.4, 0.5) is 18.9 Å². The van der Waals surface area contributed by atoms with Crippen LogP contribution in [-0.4, -0.2) is 20.1 Å². The van der Waals surface area contributed by atoms with Crippen LogP contribution in [0.5, 0.6) is 0 Å². The van der Waals surface area contributed by atoms with Crippen LogP contribution in [0.2, 0.25) is 0 Å². The molecule has 1 aliphatic rings. The number of nitrogens with two attached hydrogens (primary N) is 1.